The second-order valence-electron chi connectivity index (χ2n) is 6.54. The van der Waals surface area contributed by atoms with Crippen LogP contribution in [0, 0.1) is 17.7 Å². The van der Waals surface area contributed by atoms with E-state index < -0.39 is 8.07 Å². The molecule has 0 aliphatic rings. The molecule has 0 nitrogen and oxygen atoms in total. The van der Waals surface area contributed by atoms with Gasteiger partial charge in [0.2, 0.25) is 0 Å². The van der Waals surface area contributed by atoms with Crippen molar-refractivity contribution in [2.75, 3.05) is 0 Å². The van der Waals surface area contributed by atoms with Crippen LogP contribution < -0.4 is 0 Å². The van der Waals surface area contributed by atoms with E-state index in [4.69, 9.17) is 0 Å². The number of thioether (sulfide) groups is 1. The van der Waals surface area contributed by atoms with Crippen LogP contribution in [-0.4, -0.2) is 8.07 Å². The average molecular weight is 305 g/mol. The first-order chi connectivity index (χ1) is 9.30. The molecule has 0 bridgehead atoms. The van der Waals surface area contributed by atoms with Crippen LogP contribution in [-0.2, 0) is 0 Å². The van der Waals surface area contributed by atoms with Gasteiger partial charge >= 0.3 is 0 Å². The molecule has 0 spiro atoms. The van der Waals surface area contributed by atoms with Crippen molar-refractivity contribution in [2.24, 2.45) is 0 Å². The molecule has 0 fully saturated rings. The zero-order valence-corrected chi connectivity index (χ0v) is 15.8. The topological polar surface area (TPSA) is 0 Å². The predicted molar refractivity (Wildman–Crippen MR) is 95.9 cm³/mol. The van der Waals surface area contributed by atoms with E-state index in [1.165, 1.54) is 10.5 Å². The third-order valence-electron chi connectivity index (χ3n) is 4.29. The molecule has 20 heavy (non-hydrogen) atoms. The van der Waals surface area contributed by atoms with E-state index in [-0.39, 0.29) is 0 Å². The molecule has 0 saturated carbocycles. The van der Waals surface area contributed by atoms with Gasteiger partial charge in [0.25, 0.3) is 0 Å². The van der Waals surface area contributed by atoms with E-state index in [9.17, 15) is 0 Å². The number of hydrogen-bond acceptors (Lipinski definition) is 1. The Morgan fingerprint density at radius 1 is 0.950 bits per heavy atom. The number of hydrogen-bond donors (Lipinski definition) is 0. The maximum absolute atomic E-state index is 3.75. The second kappa shape index (κ2) is 7.38. The average Bonchev–Trinajstić information content (AvgIpc) is 2.33. The van der Waals surface area contributed by atoms with Gasteiger partial charge in [-0.1, -0.05) is 53.7 Å². The summed E-state index contributed by atoms with van der Waals surface area (Å²) in [5.74, 6) is 0. The van der Waals surface area contributed by atoms with Crippen molar-refractivity contribution in [3.8, 4) is 10.8 Å². The first-order valence-corrected chi connectivity index (χ1v) is 10.6. The predicted octanol–water partition coefficient (Wildman–Crippen LogP) is 6.27. The van der Waals surface area contributed by atoms with Crippen LogP contribution in [0.4, 0.5) is 0 Å². The highest BCUT2D eigenvalue weighted by molar-refractivity contribution is 8.04. The first kappa shape index (κ1) is 17.4. The zero-order chi connectivity index (χ0) is 15.3. The summed E-state index contributed by atoms with van der Waals surface area (Å²) in [5, 5.41) is 3.44. The molecule has 0 radical (unpaired) electrons. The normalized spacial score (nSPS) is 11.9. The van der Waals surface area contributed by atoms with Crippen molar-refractivity contribution in [3.63, 3.8) is 0 Å². The minimum Gasteiger partial charge on any atom is -0.118 e. The van der Waals surface area contributed by atoms with Gasteiger partial charge in [-0.05, 0) is 58.3 Å². The standard InChI is InChI=1S/C18H28SSi/c1-14(2)20(15(3)4,16(5)6)12-11-19-18-10-8-9-17(7)13-18/h8-10,13-16H,1-7H3. The van der Waals surface area contributed by atoms with Crippen molar-refractivity contribution < 1.29 is 0 Å². The molecule has 0 unspecified atom stereocenters. The van der Waals surface area contributed by atoms with Gasteiger partial charge in [-0.3, -0.25) is 0 Å². The van der Waals surface area contributed by atoms with E-state index in [1.807, 2.05) is 0 Å². The molecule has 1 rings (SSSR count). The smallest absolute Gasteiger partial charge is 0.118 e. The van der Waals surface area contributed by atoms with Crippen molar-refractivity contribution in [2.45, 2.75) is 70.0 Å². The Labute approximate surface area is 130 Å². The van der Waals surface area contributed by atoms with Crippen LogP contribution in [0.15, 0.2) is 29.2 Å². The summed E-state index contributed by atoms with van der Waals surface area (Å²) in [5.41, 5.74) is 7.16. The summed E-state index contributed by atoms with van der Waals surface area (Å²) >= 11 is 1.69. The lowest BCUT2D eigenvalue weighted by Crippen LogP contribution is -2.43. The Morgan fingerprint density at radius 3 is 1.95 bits per heavy atom. The summed E-state index contributed by atoms with van der Waals surface area (Å²) in [6.45, 7) is 16.3. The third-order valence-corrected chi connectivity index (χ3v) is 11.5. The van der Waals surface area contributed by atoms with Crippen molar-refractivity contribution in [3.05, 3.63) is 29.8 Å². The Bertz CT molecular complexity index is 470. The van der Waals surface area contributed by atoms with Gasteiger partial charge in [0.05, 0.1) is 0 Å². The molecule has 0 aliphatic carbocycles. The minimum absolute atomic E-state index is 0.702. The lowest BCUT2D eigenvalue weighted by Gasteiger charge is -2.37. The monoisotopic (exact) mass is 304 g/mol. The summed E-state index contributed by atoms with van der Waals surface area (Å²) in [6, 6.07) is 8.60. The van der Waals surface area contributed by atoms with Gasteiger partial charge in [0, 0.05) is 4.90 Å². The van der Waals surface area contributed by atoms with Crippen LogP contribution in [0.1, 0.15) is 47.1 Å². The molecule has 2 heteroatoms. The molecule has 0 aliphatic heterocycles. The highest BCUT2D eigenvalue weighted by Crippen LogP contribution is 2.41. The van der Waals surface area contributed by atoms with E-state index in [0.717, 1.165) is 0 Å². The number of benzene rings is 1. The van der Waals surface area contributed by atoms with Gasteiger partial charge < -0.3 is 0 Å². The fourth-order valence-electron chi connectivity index (χ4n) is 3.28. The zero-order valence-electron chi connectivity index (χ0n) is 13.9. The molecular weight excluding hydrogens is 276 g/mol. The quantitative estimate of drug-likeness (QED) is 0.359. The van der Waals surface area contributed by atoms with E-state index >= 15 is 0 Å². The Hall–Kier alpha value is -0.653. The van der Waals surface area contributed by atoms with Crippen LogP contribution in [0.3, 0.4) is 0 Å². The van der Waals surface area contributed by atoms with Gasteiger partial charge in [-0.15, -0.1) is 5.54 Å². The molecule has 0 atom stereocenters. The van der Waals surface area contributed by atoms with Crippen molar-refractivity contribution >= 4 is 19.8 Å². The summed E-state index contributed by atoms with van der Waals surface area (Å²) in [7, 11) is -1.58. The number of rotatable bonds is 4. The molecule has 0 N–H and O–H groups in total. The van der Waals surface area contributed by atoms with Crippen LogP contribution in [0.5, 0.6) is 0 Å². The highest BCUT2D eigenvalue weighted by atomic mass is 32.2. The Morgan fingerprint density at radius 2 is 1.50 bits per heavy atom. The van der Waals surface area contributed by atoms with E-state index in [0.29, 0.717) is 16.6 Å². The summed E-state index contributed by atoms with van der Waals surface area (Å²) < 4.78 is 0. The molecule has 1 aromatic carbocycles. The van der Waals surface area contributed by atoms with Gasteiger partial charge in [0.15, 0.2) is 0 Å². The maximum atomic E-state index is 3.75. The van der Waals surface area contributed by atoms with Crippen LogP contribution in [0.2, 0.25) is 16.6 Å². The fourth-order valence-corrected chi connectivity index (χ4v) is 9.57. The van der Waals surface area contributed by atoms with E-state index in [2.05, 4.69) is 83.5 Å². The molecule has 0 amide bonds. The van der Waals surface area contributed by atoms with Gasteiger partial charge in [0.1, 0.15) is 8.07 Å². The summed E-state index contributed by atoms with van der Waals surface area (Å²) in [6.07, 6.45) is 0. The first-order valence-electron chi connectivity index (χ1n) is 7.56. The Balaban J connectivity index is 3.00. The van der Waals surface area contributed by atoms with Gasteiger partial charge in [-0.25, -0.2) is 0 Å². The highest BCUT2D eigenvalue weighted by Gasteiger charge is 2.41. The minimum atomic E-state index is -1.58. The van der Waals surface area contributed by atoms with E-state index in [1.54, 1.807) is 11.8 Å². The largest absolute Gasteiger partial charge is 0.147 e. The fraction of sp³-hybridized carbons (Fsp3) is 0.556. The third kappa shape index (κ3) is 3.93. The van der Waals surface area contributed by atoms with Crippen molar-refractivity contribution in [1.29, 1.82) is 0 Å². The molecule has 110 valence electrons. The number of aryl methyl sites for hydroxylation is 1. The molecule has 0 heterocycles. The van der Waals surface area contributed by atoms with Crippen LogP contribution in [0.25, 0.3) is 0 Å². The molecular formula is C18H28SSi. The lowest BCUT2D eigenvalue weighted by molar-refractivity contribution is 0.838. The molecule has 0 saturated heterocycles. The second-order valence-corrected chi connectivity index (χ2v) is 13.0. The Kier molecular flexibility index (Phi) is 6.42. The lowest BCUT2D eigenvalue weighted by atomic mass is 10.2. The summed E-state index contributed by atoms with van der Waals surface area (Å²) in [4.78, 5) is 1.26. The van der Waals surface area contributed by atoms with Crippen molar-refractivity contribution in [1.82, 2.24) is 0 Å². The molecule has 1 aromatic rings. The molecule has 0 aromatic heterocycles. The van der Waals surface area contributed by atoms with Crippen LogP contribution >= 0.6 is 11.8 Å². The maximum Gasteiger partial charge on any atom is 0.147 e. The SMILES string of the molecule is Cc1cccc(SC#C[Si](C(C)C)(C(C)C)C(C)C)c1. The van der Waals surface area contributed by atoms with Gasteiger partial charge in [-0.2, -0.15) is 0 Å².